The van der Waals surface area contributed by atoms with Crippen LogP contribution >= 0.6 is 0 Å². The fourth-order valence-electron chi connectivity index (χ4n) is 1.60. The molecule has 0 aliphatic carbocycles. The van der Waals surface area contributed by atoms with E-state index < -0.39 is 0 Å². The second kappa shape index (κ2) is 4.83. The molecule has 0 saturated heterocycles. The van der Waals surface area contributed by atoms with Gasteiger partial charge in [0.1, 0.15) is 6.61 Å². The lowest BCUT2D eigenvalue weighted by atomic mass is 10.1. The van der Waals surface area contributed by atoms with E-state index in [4.69, 9.17) is 4.74 Å². The minimum atomic E-state index is -0.349. The molecule has 0 aliphatic rings. The first-order valence-electron chi connectivity index (χ1n) is 5.47. The van der Waals surface area contributed by atoms with E-state index in [0.717, 1.165) is 10.9 Å². The lowest BCUT2D eigenvalue weighted by Crippen LogP contribution is -2.04. The first kappa shape index (κ1) is 11.4. The number of rotatable bonds is 3. The first-order chi connectivity index (χ1) is 8.16. The molecule has 17 heavy (non-hydrogen) atoms. The van der Waals surface area contributed by atoms with Crippen molar-refractivity contribution < 1.29 is 9.53 Å². The monoisotopic (exact) mass is 226 g/mol. The predicted molar refractivity (Wildman–Crippen MR) is 68.6 cm³/mol. The lowest BCUT2D eigenvalue weighted by molar-refractivity contribution is -0.140. The quantitative estimate of drug-likeness (QED) is 0.591. The molecule has 0 aromatic heterocycles. The average molecular weight is 226 g/mol. The Morgan fingerprint density at radius 2 is 1.88 bits per heavy atom. The second-order valence-corrected chi connectivity index (χ2v) is 4.04. The van der Waals surface area contributed by atoms with Crippen LogP contribution in [0.1, 0.15) is 12.5 Å². The zero-order valence-electron chi connectivity index (χ0n) is 9.77. The number of hydrogen-bond donors (Lipinski definition) is 0. The van der Waals surface area contributed by atoms with Crippen LogP contribution < -0.4 is 0 Å². The Balaban J connectivity index is 2.14. The number of carbonyl (C=O) groups excluding carboxylic acids is 1. The van der Waals surface area contributed by atoms with Crippen molar-refractivity contribution in [2.24, 2.45) is 0 Å². The van der Waals surface area contributed by atoms with Gasteiger partial charge in [-0.25, -0.2) is 4.79 Å². The fraction of sp³-hybridized carbons (Fsp3) is 0.133. The van der Waals surface area contributed by atoms with Gasteiger partial charge >= 0.3 is 5.97 Å². The molecule has 86 valence electrons. The van der Waals surface area contributed by atoms with E-state index in [-0.39, 0.29) is 12.6 Å². The molecule has 0 atom stereocenters. The van der Waals surface area contributed by atoms with Crippen LogP contribution in [-0.2, 0) is 16.1 Å². The molecule has 0 aliphatic heterocycles. The topological polar surface area (TPSA) is 26.3 Å². The molecular formula is C15H14O2. The fourth-order valence-corrected chi connectivity index (χ4v) is 1.60. The van der Waals surface area contributed by atoms with Gasteiger partial charge in [-0.1, -0.05) is 43.0 Å². The van der Waals surface area contributed by atoms with E-state index in [1.807, 2.05) is 36.4 Å². The van der Waals surface area contributed by atoms with E-state index in [1.54, 1.807) is 6.92 Å². The molecule has 0 radical (unpaired) electrons. The maximum atomic E-state index is 11.3. The standard InChI is InChI=1S/C15H14O2/c1-11(2)15(16)17-10-12-7-8-13-5-3-4-6-14(13)9-12/h3-9H,1,10H2,2H3. The summed E-state index contributed by atoms with van der Waals surface area (Å²) < 4.78 is 5.10. The van der Waals surface area contributed by atoms with Crippen LogP contribution in [0.4, 0.5) is 0 Å². The van der Waals surface area contributed by atoms with Gasteiger partial charge in [0.2, 0.25) is 0 Å². The number of fused-ring (bicyclic) bond motifs is 1. The van der Waals surface area contributed by atoms with Crippen LogP contribution in [0.15, 0.2) is 54.6 Å². The van der Waals surface area contributed by atoms with Gasteiger partial charge in [-0.15, -0.1) is 0 Å². The number of hydrogen-bond acceptors (Lipinski definition) is 2. The summed E-state index contributed by atoms with van der Waals surface area (Å²) in [5.41, 5.74) is 1.41. The van der Waals surface area contributed by atoms with E-state index in [0.29, 0.717) is 5.57 Å². The summed E-state index contributed by atoms with van der Waals surface area (Å²) in [7, 11) is 0. The van der Waals surface area contributed by atoms with Crippen molar-refractivity contribution in [3.8, 4) is 0 Å². The Morgan fingerprint density at radius 3 is 2.59 bits per heavy atom. The summed E-state index contributed by atoms with van der Waals surface area (Å²) in [6.45, 7) is 5.47. The summed E-state index contributed by atoms with van der Waals surface area (Å²) in [5.74, 6) is -0.349. The molecule has 0 amide bonds. The summed E-state index contributed by atoms with van der Waals surface area (Å²) in [6, 6.07) is 14.1. The first-order valence-corrected chi connectivity index (χ1v) is 5.47. The summed E-state index contributed by atoms with van der Waals surface area (Å²) in [6.07, 6.45) is 0. The Bertz CT molecular complexity index is 570. The van der Waals surface area contributed by atoms with E-state index in [2.05, 4.69) is 12.6 Å². The maximum absolute atomic E-state index is 11.3. The Labute approximate surface area is 101 Å². The number of ether oxygens (including phenoxy) is 1. The summed E-state index contributed by atoms with van der Waals surface area (Å²) in [5, 5.41) is 2.33. The van der Waals surface area contributed by atoms with E-state index in [9.17, 15) is 4.79 Å². The third kappa shape index (κ3) is 2.72. The Morgan fingerprint density at radius 1 is 1.18 bits per heavy atom. The van der Waals surface area contributed by atoms with Crippen LogP contribution in [0, 0.1) is 0 Å². The van der Waals surface area contributed by atoms with Gasteiger partial charge in [-0.2, -0.15) is 0 Å². The van der Waals surface area contributed by atoms with Crippen molar-refractivity contribution in [2.75, 3.05) is 0 Å². The highest BCUT2D eigenvalue weighted by Gasteiger charge is 2.03. The van der Waals surface area contributed by atoms with E-state index >= 15 is 0 Å². The largest absolute Gasteiger partial charge is 0.457 e. The maximum Gasteiger partial charge on any atom is 0.333 e. The molecule has 0 fully saturated rings. The van der Waals surface area contributed by atoms with Gasteiger partial charge in [0.05, 0.1) is 0 Å². The van der Waals surface area contributed by atoms with Gasteiger partial charge in [0, 0.05) is 5.57 Å². The molecule has 0 heterocycles. The van der Waals surface area contributed by atoms with Crippen molar-refractivity contribution in [2.45, 2.75) is 13.5 Å². The zero-order valence-corrected chi connectivity index (χ0v) is 9.77. The number of esters is 1. The summed E-state index contributed by atoms with van der Waals surface area (Å²) in [4.78, 5) is 11.3. The van der Waals surface area contributed by atoms with Gasteiger partial charge in [-0.3, -0.25) is 0 Å². The molecule has 0 spiro atoms. The smallest absolute Gasteiger partial charge is 0.333 e. The summed E-state index contributed by atoms with van der Waals surface area (Å²) >= 11 is 0. The molecule has 2 nitrogen and oxygen atoms in total. The number of carbonyl (C=O) groups is 1. The highest BCUT2D eigenvalue weighted by atomic mass is 16.5. The normalized spacial score (nSPS) is 10.2. The van der Waals surface area contributed by atoms with Crippen molar-refractivity contribution in [3.63, 3.8) is 0 Å². The second-order valence-electron chi connectivity index (χ2n) is 4.04. The highest BCUT2D eigenvalue weighted by Crippen LogP contribution is 2.16. The van der Waals surface area contributed by atoms with Gasteiger partial charge in [-0.05, 0) is 29.3 Å². The van der Waals surface area contributed by atoms with Gasteiger partial charge in [0.25, 0.3) is 0 Å². The minimum absolute atomic E-state index is 0.288. The van der Waals surface area contributed by atoms with Gasteiger partial charge < -0.3 is 4.74 Å². The highest BCUT2D eigenvalue weighted by molar-refractivity contribution is 5.87. The van der Waals surface area contributed by atoms with Crippen LogP contribution in [0.25, 0.3) is 10.8 Å². The molecule has 2 aromatic carbocycles. The molecule has 0 saturated carbocycles. The van der Waals surface area contributed by atoms with Crippen LogP contribution in [0.5, 0.6) is 0 Å². The number of benzene rings is 2. The molecular weight excluding hydrogens is 212 g/mol. The zero-order chi connectivity index (χ0) is 12.3. The van der Waals surface area contributed by atoms with Crippen LogP contribution in [-0.4, -0.2) is 5.97 Å². The third-order valence-electron chi connectivity index (χ3n) is 2.53. The van der Waals surface area contributed by atoms with Gasteiger partial charge in [0.15, 0.2) is 0 Å². The molecule has 2 heteroatoms. The third-order valence-corrected chi connectivity index (χ3v) is 2.53. The van der Waals surface area contributed by atoms with E-state index in [1.165, 1.54) is 5.39 Å². The molecule has 0 bridgehead atoms. The predicted octanol–water partition coefficient (Wildman–Crippen LogP) is 3.46. The average Bonchev–Trinajstić information content (AvgIpc) is 2.35. The SMILES string of the molecule is C=C(C)C(=O)OCc1ccc2ccccc2c1. The lowest BCUT2D eigenvalue weighted by Gasteiger charge is -2.05. The van der Waals surface area contributed by atoms with Crippen LogP contribution in [0.3, 0.4) is 0 Å². The van der Waals surface area contributed by atoms with Crippen molar-refractivity contribution in [3.05, 3.63) is 60.2 Å². The van der Waals surface area contributed by atoms with Crippen LogP contribution in [0.2, 0.25) is 0 Å². The molecule has 2 rings (SSSR count). The van der Waals surface area contributed by atoms with Crippen molar-refractivity contribution in [1.29, 1.82) is 0 Å². The molecule has 0 N–H and O–H groups in total. The van der Waals surface area contributed by atoms with Crippen molar-refractivity contribution in [1.82, 2.24) is 0 Å². The molecule has 0 unspecified atom stereocenters. The molecule has 2 aromatic rings. The Hall–Kier alpha value is -2.09. The minimum Gasteiger partial charge on any atom is -0.457 e. The Kier molecular flexibility index (Phi) is 3.24. The van der Waals surface area contributed by atoms with Crippen molar-refractivity contribution >= 4 is 16.7 Å².